The fourth-order valence-electron chi connectivity index (χ4n) is 2.34. The smallest absolute Gasteiger partial charge is 0.261 e. The highest BCUT2D eigenvalue weighted by molar-refractivity contribution is 7.98. The van der Waals surface area contributed by atoms with Gasteiger partial charge in [-0.1, -0.05) is 48.9 Å². The van der Waals surface area contributed by atoms with Crippen LogP contribution < -0.4 is 10.1 Å². The van der Waals surface area contributed by atoms with Gasteiger partial charge >= 0.3 is 0 Å². The van der Waals surface area contributed by atoms with Crippen molar-refractivity contribution in [1.29, 1.82) is 0 Å². The Morgan fingerprint density at radius 2 is 2.04 bits per heavy atom. The lowest BCUT2D eigenvalue weighted by molar-refractivity contribution is -0.127. The zero-order valence-corrected chi connectivity index (χ0v) is 16.2. The summed E-state index contributed by atoms with van der Waals surface area (Å²) in [5.74, 6) is 2.36. The van der Waals surface area contributed by atoms with Gasteiger partial charge in [0.2, 0.25) is 0 Å². The fourth-order valence-corrected chi connectivity index (χ4v) is 3.46. The van der Waals surface area contributed by atoms with E-state index in [0.717, 1.165) is 11.5 Å². The monoisotopic (exact) mass is 377 g/mol. The number of aryl methyl sites for hydroxylation is 1. The number of nitrogens with one attached hydrogen (secondary N) is 1. The molecule has 2 aromatic rings. The molecule has 0 aliphatic carbocycles. The number of thioether (sulfide) groups is 1. The van der Waals surface area contributed by atoms with Crippen molar-refractivity contribution in [2.75, 3.05) is 12.3 Å². The predicted molar refractivity (Wildman–Crippen MR) is 107 cm³/mol. The molecular formula is C20H24ClNO2S. The van der Waals surface area contributed by atoms with Crippen molar-refractivity contribution in [3.63, 3.8) is 0 Å². The van der Waals surface area contributed by atoms with Crippen LogP contribution in [0.25, 0.3) is 0 Å². The van der Waals surface area contributed by atoms with Crippen LogP contribution in [0.4, 0.5) is 0 Å². The van der Waals surface area contributed by atoms with Crippen LogP contribution in [-0.2, 0) is 10.5 Å². The minimum Gasteiger partial charge on any atom is -0.481 e. The van der Waals surface area contributed by atoms with Crippen LogP contribution in [0.2, 0.25) is 5.02 Å². The van der Waals surface area contributed by atoms with E-state index in [4.69, 9.17) is 16.3 Å². The molecular weight excluding hydrogens is 354 g/mol. The van der Waals surface area contributed by atoms with Gasteiger partial charge in [-0.25, -0.2) is 0 Å². The molecule has 2 aromatic carbocycles. The quantitative estimate of drug-likeness (QED) is 0.634. The zero-order valence-electron chi connectivity index (χ0n) is 14.6. The molecule has 0 heterocycles. The number of ether oxygens (including phenoxy) is 1. The summed E-state index contributed by atoms with van der Waals surface area (Å²) in [5.41, 5.74) is 2.65. The molecule has 1 amide bonds. The number of carbonyl (C=O) groups is 1. The number of rotatable bonds is 9. The molecule has 0 spiro atoms. The van der Waals surface area contributed by atoms with E-state index in [1.165, 1.54) is 11.1 Å². The average molecular weight is 378 g/mol. The Labute approximate surface area is 159 Å². The zero-order chi connectivity index (χ0) is 18.1. The van der Waals surface area contributed by atoms with Gasteiger partial charge < -0.3 is 10.1 Å². The molecule has 5 heteroatoms. The summed E-state index contributed by atoms with van der Waals surface area (Å²) in [6.45, 7) is 4.68. The SMILES string of the molecule is CCC(Oc1cccc(Cl)c1)C(=O)NCCSCc1ccccc1C. The molecule has 0 radical (unpaired) electrons. The predicted octanol–water partition coefficient (Wildman–Crippen LogP) is 4.86. The van der Waals surface area contributed by atoms with Crippen LogP contribution in [0.3, 0.4) is 0 Å². The first-order valence-electron chi connectivity index (χ1n) is 8.42. The number of hydrogen-bond acceptors (Lipinski definition) is 3. The van der Waals surface area contributed by atoms with E-state index in [9.17, 15) is 4.79 Å². The third kappa shape index (κ3) is 6.63. The molecule has 1 unspecified atom stereocenters. The molecule has 0 aliphatic rings. The maximum absolute atomic E-state index is 12.3. The Kier molecular flexibility index (Phi) is 8.16. The van der Waals surface area contributed by atoms with Gasteiger partial charge in [0.1, 0.15) is 5.75 Å². The van der Waals surface area contributed by atoms with Crippen LogP contribution >= 0.6 is 23.4 Å². The van der Waals surface area contributed by atoms with Crippen LogP contribution in [0.15, 0.2) is 48.5 Å². The number of hydrogen-bond donors (Lipinski definition) is 1. The van der Waals surface area contributed by atoms with Gasteiger partial charge in [-0.2, -0.15) is 11.8 Å². The van der Waals surface area contributed by atoms with E-state index in [1.54, 1.807) is 18.2 Å². The van der Waals surface area contributed by atoms with E-state index in [0.29, 0.717) is 23.7 Å². The van der Waals surface area contributed by atoms with Crippen LogP contribution in [0, 0.1) is 6.92 Å². The van der Waals surface area contributed by atoms with E-state index in [1.807, 2.05) is 24.8 Å². The summed E-state index contributed by atoms with van der Waals surface area (Å²) < 4.78 is 5.75. The number of amides is 1. The van der Waals surface area contributed by atoms with Gasteiger partial charge in [0.15, 0.2) is 6.10 Å². The summed E-state index contributed by atoms with van der Waals surface area (Å²) in [6, 6.07) is 15.5. The minimum atomic E-state index is -0.500. The largest absolute Gasteiger partial charge is 0.481 e. The second-order valence-electron chi connectivity index (χ2n) is 5.74. The van der Waals surface area contributed by atoms with Crippen molar-refractivity contribution in [2.24, 2.45) is 0 Å². The minimum absolute atomic E-state index is 0.0843. The van der Waals surface area contributed by atoms with Crippen molar-refractivity contribution in [1.82, 2.24) is 5.32 Å². The normalized spacial score (nSPS) is 11.8. The van der Waals surface area contributed by atoms with Crippen molar-refractivity contribution >= 4 is 29.3 Å². The summed E-state index contributed by atoms with van der Waals surface area (Å²) >= 11 is 7.76. The number of carbonyl (C=O) groups excluding carboxylic acids is 1. The molecule has 1 atom stereocenters. The summed E-state index contributed by atoms with van der Waals surface area (Å²) in [5, 5.41) is 3.55. The molecule has 3 nitrogen and oxygen atoms in total. The van der Waals surface area contributed by atoms with Crippen molar-refractivity contribution < 1.29 is 9.53 Å². The van der Waals surface area contributed by atoms with Crippen molar-refractivity contribution in [2.45, 2.75) is 32.1 Å². The first-order chi connectivity index (χ1) is 12.1. The lowest BCUT2D eigenvalue weighted by Crippen LogP contribution is -2.39. The lowest BCUT2D eigenvalue weighted by Gasteiger charge is -2.17. The highest BCUT2D eigenvalue weighted by Gasteiger charge is 2.17. The van der Waals surface area contributed by atoms with E-state index in [-0.39, 0.29) is 5.91 Å². The maximum Gasteiger partial charge on any atom is 0.261 e. The summed E-state index contributed by atoms with van der Waals surface area (Å²) in [7, 11) is 0. The topological polar surface area (TPSA) is 38.3 Å². The fraction of sp³-hybridized carbons (Fsp3) is 0.350. The molecule has 134 valence electrons. The summed E-state index contributed by atoms with van der Waals surface area (Å²) in [6.07, 6.45) is 0.106. The Bertz CT molecular complexity index is 693. The van der Waals surface area contributed by atoms with Gasteiger partial charge in [-0.15, -0.1) is 0 Å². The van der Waals surface area contributed by atoms with Gasteiger partial charge in [0, 0.05) is 23.1 Å². The highest BCUT2D eigenvalue weighted by atomic mass is 35.5. The van der Waals surface area contributed by atoms with Gasteiger partial charge in [0.25, 0.3) is 5.91 Å². The second-order valence-corrected chi connectivity index (χ2v) is 7.28. The first kappa shape index (κ1) is 19.7. The summed E-state index contributed by atoms with van der Waals surface area (Å²) in [4.78, 5) is 12.3. The van der Waals surface area contributed by atoms with Crippen LogP contribution in [0.5, 0.6) is 5.75 Å². The maximum atomic E-state index is 12.3. The molecule has 0 saturated carbocycles. The third-order valence-electron chi connectivity index (χ3n) is 3.80. The molecule has 0 aromatic heterocycles. The standard InChI is InChI=1S/C20H24ClNO2S/c1-3-19(24-18-10-6-9-17(21)13-18)20(23)22-11-12-25-14-16-8-5-4-7-15(16)2/h4-10,13,19H,3,11-12,14H2,1-2H3,(H,22,23). The second kappa shape index (κ2) is 10.4. The molecule has 0 saturated heterocycles. The highest BCUT2D eigenvalue weighted by Crippen LogP contribution is 2.19. The molecule has 25 heavy (non-hydrogen) atoms. The van der Waals surface area contributed by atoms with Crippen molar-refractivity contribution in [3.05, 3.63) is 64.7 Å². The van der Waals surface area contributed by atoms with Crippen molar-refractivity contribution in [3.8, 4) is 5.75 Å². The van der Waals surface area contributed by atoms with Crippen LogP contribution in [0.1, 0.15) is 24.5 Å². The molecule has 0 fully saturated rings. The Balaban J connectivity index is 1.72. The molecule has 1 N–H and O–H groups in total. The third-order valence-corrected chi connectivity index (χ3v) is 5.05. The molecule has 0 aliphatic heterocycles. The van der Waals surface area contributed by atoms with E-state index >= 15 is 0 Å². The number of halogens is 1. The Morgan fingerprint density at radius 1 is 1.24 bits per heavy atom. The molecule has 2 rings (SSSR count). The lowest BCUT2D eigenvalue weighted by atomic mass is 10.1. The van der Waals surface area contributed by atoms with Gasteiger partial charge in [-0.05, 0) is 42.7 Å². The Hall–Kier alpha value is -1.65. The first-order valence-corrected chi connectivity index (χ1v) is 9.95. The number of benzene rings is 2. The van der Waals surface area contributed by atoms with Crippen LogP contribution in [-0.4, -0.2) is 24.3 Å². The van der Waals surface area contributed by atoms with E-state index < -0.39 is 6.10 Å². The Morgan fingerprint density at radius 3 is 2.76 bits per heavy atom. The van der Waals surface area contributed by atoms with E-state index in [2.05, 4.69) is 36.5 Å². The van der Waals surface area contributed by atoms with Gasteiger partial charge in [0.05, 0.1) is 0 Å². The molecule has 0 bridgehead atoms. The van der Waals surface area contributed by atoms with Gasteiger partial charge in [-0.3, -0.25) is 4.79 Å². The average Bonchev–Trinajstić information content (AvgIpc) is 2.60.